The summed E-state index contributed by atoms with van der Waals surface area (Å²) in [7, 11) is 0. The molecule has 0 saturated carbocycles. The number of halogens is 1. The zero-order chi connectivity index (χ0) is 14.0. The van der Waals surface area contributed by atoms with Gasteiger partial charge in [-0.3, -0.25) is 10.1 Å². The number of nitro groups is 1. The number of fused-ring (bicyclic) bond motifs is 1. The van der Waals surface area contributed by atoms with Gasteiger partial charge >= 0.3 is 12.3 Å². The number of non-ortho nitro benzene ring substituents is 1. The van der Waals surface area contributed by atoms with Crippen molar-refractivity contribution in [3.63, 3.8) is 0 Å². The molecule has 19 heavy (non-hydrogen) atoms. The summed E-state index contributed by atoms with van der Waals surface area (Å²) in [5, 5.41) is 19.8. The van der Waals surface area contributed by atoms with E-state index in [0.717, 1.165) is 6.07 Å². The molecule has 1 N–H and O–H groups in total. The average molecular weight is 265 g/mol. The molecule has 0 aliphatic carbocycles. The van der Waals surface area contributed by atoms with Crippen LogP contribution in [0.4, 0.5) is 10.1 Å². The van der Waals surface area contributed by atoms with Crippen LogP contribution < -0.4 is 4.74 Å². The van der Waals surface area contributed by atoms with Gasteiger partial charge in [-0.1, -0.05) is 18.2 Å². The zero-order valence-electron chi connectivity index (χ0n) is 9.45. The van der Waals surface area contributed by atoms with Gasteiger partial charge in [-0.15, -0.1) is 0 Å². The van der Waals surface area contributed by atoms with Gasteiger partial charge in [-0.05, 0) is 12.1 Å². The highest BCUT2D eigenvalue weighted by molar-refractivity contribution is 5.95. The summed E-state index contributed by atoms with van der Waals surface area (Å²) < 4.78 is 17.7. The lowest BCUT2D eigenvalue weighted by atomic mass is 10.1. The third-order valence-corrected chi connectivity index (χ3v) is 2.48. The minimum atomic E-state index is -2.52. The fourth-order valence-corrected chi connectivity index (χ4v) is 1.68. The van der Waals surface area contributed by atoms with E-state index in [9.17, 15) is 19.3 Å². The normalized spacial score (nSPS) is 12.1. The maximum Gasteiger partial charge on any atom is 0.378 e. The Morgan fingerprint density at radius 2 is 1.89 bits per heavy atom. The maximum atomic E-state index is 13.0. The predicted molar refractivity (Wildman–Crippen MR) is 63.8 cm³/mol. The monoisotopic (exact) mass is 265 g/mol. The van der Waals surface area contributed by atoms with Crippen LogP contribution in [0.25, 0.3) is 10.8 Å². The molecular formula is C12H8FNO5. The van der Waals surface area contributed by atoms with Gasteiger partial charge in [0.2, 0.25) is 0 Å². The molecule has 0 aliphatic heterocycles. The average Bonchev–Trinajstić information content (AvgIpc) is 2.38. The van der Waals surface area contributed by atoms with E-state index in [2.05, 4.69) is 4.74 Å². The lowest BCUT2D eigenvalue weighted by molar-refractivity contribution is -0.383. The van der Waals surface area contributed by atoms with Crippen molar-refractivity contribution in [2.75, 3.05) is 0 Å². The number of hydrogen-bond acceptors (Lipinski definition) is 4. The van der Waals surface area contributed by atoms with Gasteiger partial charge in [0.1, 0.15) is 5.75 Å². The molecule has 0 heterocycles. The van der Waals surface area contributed by atoms with Crippen molar-refractivity contribution in [3.8, 4) is 5.75 Å². The molecule has 98 valence electrons. The number of carboxylic acid groups (broad SMARTS) is 1. The van der Waals surface area contributed by atoms with Crippen LogP contribution in [-0.2, 0) is 4.79 Å². The van der Waals surface area contributed by atoms with Crippen LogP contribution in [0, 0.1) is 10.1 Å². The number of nitrogens with zero attached hydrogens (tertiary/aromatic N) is 1. The Hall–Kier alpha value is -2.70. The number of carboxylic acids is 1. The number of rotatable bonds is 4. The summed E-state index contributed by atoms with van der Waals surface area (Å²) in [5.74, 6) is -1.82. The first-order valence-corrected chi connectivity index (χ1v) is 5.20. The van der Waals surface area contributed by atoms with Crippen molar-refractivity contribution in [3.05, 3.63) is 46.5 Å². The minimum absolute atomic E-state index is 0.0592. The number of aliphatic carboxylic acids is 1. The van der Waals surface area contributed by atoms with Crippen LogP contribution in [-0.4, -0.2) is 22.4 Å². The lowest BCUT2D eigenvalue weighted by Crippen LogP contribution is -2.21. The van der Waals surface area contributed by atoms with E-state index in [0.29, 0.717) is 0 Å². The van der Waals surface area contributed by atoms with Gasteiger partial charge in [-0.25, -0.2) is 4.79 Å². The molecule has 2 aromatic carbocycles. The van der Waals surface area contributed by atoms with Gasteiger partial charge in [-0.2, -0.15) is 4.39 Å². The fourth-order valence-electron chi connectivity index (χ4n) is 1.68. The number of ether oxygens (including phenoxy) is 1. The second-order valence-corrected chi connectivity index (χ2v) is 3.66. The molecule has 7 heteroatoms. The molecule has 1 unspecified atom stereocenters. The molecule has 0 saturated heterocycles. The van der Waals surface area contributed by atoms with Crippen LogP contribution in [0.5, 0.6) is 5.75 Å². The van der Waals surface area contributed by atoms with Crippen LogP contribution in [0.1, 0.15) is 0 Å². The number of hydrogen-bond donors (Lipinski definition) is 1. The van der Waals surface area contributed by atoms with E-state index in [1.165, 1.54) is 18.2 Å². The summed E-state index contributed by atoms with van der Waals surface area (Å²) in [4.78, 5) is 20.7. The van der Waals surface area contributed by atoms with Crippen LogP contribution in [0.2, 0.25) is 0 Å². The fraction of sp³-hybridized carbons (Fsp3) is 0.0833. The Bertz CT molecular complexity index is 658. The Morgan fingerprint density at radius 1 is 1.26 bits per heavy atom. The third kappa shape index (κ3) is 2.44. The van der Waals surface area contributed by atoms with Crippen molar-refractivity contribution in [1.29, 1.82) is 0 Å². The summed E-state index contributed by atoms with van der Waals surface area (Å²) in [6, 6.07) is 8.47. The smallest absolute Gasteiger partial charge is 0.378 e. The van der Waals surface area contributed by atoms with Crippen molar-refractivity contribution >= 4 is 22.4 Å². The van der Waals surface area contributed by atoms with E-state index in [1.54, 1.807) is 12.1 Å². The quantitative estimate of drug-likeness (QED) is 0.677. The minimum Gasteiger partial charge on any atom is -0.476 e. The molecule has 6 nitrogen and oxygen atoms in total. The molecule has 1 atom stereocenters. The van der Waals surface area contributed by atoms with Crippen LogP contribution >= 0.6 is 0 Å². The molecule has 0 bridgehead atoms. The van der Waals surface area contributed by atoms with E-state index in [-0.39, 0.29) is 22.2 Å². The third-order valence-electron chi connectivity index (χ3n) is 2.48. The van der Waals surface area contributed by atoms with Gasteiger partial charge in [0.05, 0.1) is 10.3 Å². The number of carbonyl (C=O) groups is 1. The van der Waals surface area contributed by atoms with Crippen molar-refractivity contribution in [2.45, 2.75) is 6.36 Å². The molecule has 2 rings (SSSR count). The Kier molecular flexibility index (Phi) is 3.28. The Morgan fingerprint density at radius 3 is 2.47 bits per heavy atom. The van der Waals surface area contributed by atoms with Crippen LogP contribution in [0.15, 0.2) is 36.4 Å². The number of nitro benzene ring substituents is 1. The first kappa shape index (κ1) is 12.7. The lowest BCUT2D eigenvalue weighted by Gasteiger charge is -2.10. The standard InChI is InChI=1S/C12H8FNO5/c13-11(12(15)16)19-10-6-5-9(14(17)18)7-3-1-2-4-8(7)10/h1-6,11H,(H,15,16). The SMILES string of the molecule is O=C(O)C(F)Oc1ccc([N+](=O)[O-])c2ccccc12. The zero-order valence-corrected chi connectivity index (χ0v) is 9.45. The summed E-state index contributed by atoms with van der Waals surface area (Å²) in [6.45, 7) is 0. The van der Waals surface area contributed by atoms with E-state index in [4.69, 9.17) is 5.11 Å². The molecule has 0 amide bonds. The van der Waals surface area contributed by atoms with E-state index in [1.807, 2.05) is 0 Å². The molecular weight excluding hydrogens is 257 g/mol. The molecule has 0 aromatic heterocycles. The summed E-state index contributed by atoms with van der Waals surface area (Å²) >= 11 is 0. The van der Waals surface area contributed by atoms with Crippen molar-refractivity contribution in [2.24, 2.45) is 0 Å². The topological polar surface area (TPSA) is 89.7 Å². The van der Waals surface area contributed by atoms with E-state index < -0.39 is 17.3 Å². The molecule has 0 aliphatic rings. The highest BCUT2D eigenvalue weighted by Gasteiger charge is 2.21. The second kappa shape index (κ2) is 4.89. The molecule has 2 aromatic rings. The van der Waals surface area contributed by atoms with Crippen molar-refractivity contribution in [1.82, 2.24) is 0 Å². The summed E-state index contributed by atoms with van der Waals surface area (Å²) in [6.07, 6.45) is -2.52. The Balaban J connectivity index is 2.55. The first-order chi connectivity index (χ1) is 9.00. The molecule has 0 fully saturated rings. The second-order valence-electron chi connectivity index (χ2n) is 3.66. The molecule has 0 spiro atoms. The summed E-state index contributed by atoms with van der Waals surface area (Å²) in [5.41, 5.74) is -0.159. The predicted octanol–water partition coefficient (Wildman–Crippen LogP) is 2.51. The first-order valence-electron chi connectivity index (χ1n) is 5.20. The number of alkyl halides is 1. The van der Waals surface area contributed by atoms with Gasteiger partial charge < -0.3 is 9.84 Å². The van der Waals surface area contributed by atoms with E-state index >= 15 is 0 Å². The number of benzene rings is 2. The molecule has 0 radical (unpaired) electrons. The highest BCUT2D eigenvalue weighted by Crippen LogP contribution is 2.33. The van der Waals surface area contributed by atoms with Crippen LogP contribution in [0.3, 0.4) is 0 Å². The van der Waals surface area contributed by atoms with Crippen molar-refractivity contribution < 1.29 is 24.0 Å². The van der Waals surface area contributed by atoms with Gasteiger partial charge in [0.25, 0.3) is 5.69 Å². The van der Waals surface area contributed by atoms with Gasteiger partial charge in [0, 0.05) is 11.5 Å². The Labute approximate surface area is 106 Å². The largest absolute Gasteiger partial charge is 0.476 e. The maximum absolute atomic E-state index is 13.0. The van der Waals surface area contributed by atoms with Gasteiger partial charge in [0.15, 0.2) is 0 Å². The highest BCUT2D eigenvalue weighted by atomic mass is 19.1.